The molecule has 5 heteroatoms. The van der Waals surface area contributed by atoms with Gasteiger partial charge in [0, 0.05) is 22.6 Å². The molecule has 0 N–H and O–H groups in total. The Hall–Kier alpha value is -2.20. The van der Waals surface area contributed by atoms with Crippen molar-refractivity contribution in [3.8, 4) is 11.5 Å². The number of hydrogen-bond acceptors (Lipinski definition) is 3. The zero-order valence-electron chi connectivity index (χ0n) is 10.4. The van der Waals surface area contributed by atoms with Gasteiger partial charge in [-0.1, -0.05) is 41.0 Å². The van der Waals surface area contributed by atoms with Crippen molar-refractivity contribution in [2.75, 3.05) is 0 Å². The molecule has 0 aliphatic rings. The van der Waals surface area contributed by atoms with E-state index >= 15 is 0 Å². The molecule has 0 spiro atoms. The summed E-state index contributed by atoms with van der Waals surface area (Å²) in [5.74, 6) is 0.437. The second-order valence-corrected chi connectivity index (χ2v) is 4.67. The van der Waals surface area contributed by atoms with Crippen molar-refractivity contribution in [1.82, 2.24) is 10.1 Å². The van der Waals surface area contributed by atoms with Crippen molar-refractivity contribution in [2.45, 2.75) is 6.42 Å². The van der Waals surface area contributed by atoms with Gasteiger partial charge in [-0.3, -0.25) is 0 Å². The molecular formula is C15H10ClFN2O. The summed E-state index contributed by atoms with van der Waals surface area (Å²) in [7, 11) is 0. The lowest BCUT2D eigenvalue weighted by Crippen LogP contribution is -1.95. The van der Waals surface area contributed by atoms with Crippen molar-refractivity contribution in [3.05, 3.63) is 70.8 Å². The van der Waals surface area contributed by atoms with Gasteiger partial charge < -0.3 is 4.52 Å². The van der Waals surface area contributed by atoms with Crippen LogP contribution >= 0.6 is 11.6 Å². The van der Waals surface area contributed by atoms with Gasteiger partial charge in [-0.05, 0) is 24.3 Å². The van der Waals surface area contributed by atoms with Crippen molar-refractivity contribution in [2.24, 2.45) is 0 Å². The highest BCUT2D eigenvalue weighted by Gasteiger charge is 2.13. The predicted molar refractivity (Wildman–Crippen MR) is 74.0 cm³/mol. The van der Waals surface area contributed by atoms with Gasteiger partial charge in [-0.15, -0.1) is 0 Å². The van der Waals surface area contributed by atoms with Gasteiger partial charge in [0.1, 0.15) is 5.82 Å². The Balaban J connectivity index is 1.88. The SMILES string of the molecule is Fc1cccc(Cl)c1Cc1noc(-c2ccccc2)n1. The Bertz CT molecular complexity index is 707. The minimum Gasteiger partial charge on any atom is -0.334 e. The quantitative estimate of drug-likeness (QED) is 0.728. The first-order valence-corrected chi connectivity index (χ1v) is 6.43. The predicted octanol–water partition coefficient (Wildman–Crippen LogP) is 4.12. The van der Waals surface area contributed by atoms with Crippen LogP contribution < -0.4 is 0 Å². The van der Waals surface area contributed by atoms with Gasteiger partial charge in [0.15, 0.2) is 5.82 Å². The average molecular weight is 289 g/mol. The Morgan fingerprint density at radius 1 is 1.05 bits per heavy atom. The van der Waals surface area contributed by atoms with Gasteiger partial charge in [0.25, 0.3) is 5.89 Å². The summed E-state index contributed by atoms with van der Waals surface area (Å²) in [5.41, 5.74) is 1.19. The molecular weight excluding hydrogens is 279 g/mol. The fraction of sp³-hybridized carbons (Fsp3) is 0.0667. The molecule has 0 saturated carbocycles. The van der Waals surface area contributed by atoms with E-state index in [2.05, 4.69) is 10.1 Å². The molecule has 100 valence electrons. The normalized spacial score (nSPS) is 10.7. The third-order valence-corrected chi connectivity index (χ3v) is 3.24. The number of rotatable bonds is 3. The van der Waals surface area contributed by atoms with Crippen LogP contribution in [0.5, 0.6) is 0 Å². The summed E-state index contributed by atoms with van der Waals surface area (Å²) >= 11 is 5.98. The molecule has 3 nitrogen and oxygen atoms in total. The third-order valence-electron chi connectivity index (χ3n) is 2.89. The molecule has 0 fully saturated rings. The maximum absolute atomic E-state index is 13.7. The molecule has 0 atom stereocenters. The molecule has 0 amide bonds. The highest BCUT2D eigenvalue weighted by molar-refractivity contribution is 6.31. The van der Waals surface area contributed by atoms with E-state index in [-0.39, 0.29) is 12.2 Å². The van der Waals surface area contributed by atoms with Crippen LogP contribution in [0.1, 0.15) is 11.4 Å². The maximum atomic E-state index is 13.7. The number of halogens is 2. The van der Waals surface area contributed by atoms with Gasteiger partial charge in [-0.2, -0.15) is 4.98 Å². The maximum Gasteiger partial charge on any atom is 0.257 e. The zero-order chi connectivity index (χ0) is 13.9. The molecule has 0 aliphatic carbocycles. The molecule has 1 aromatic heterocycles. The van der Waals surface area contributed by atoms with Crippen LogP contribution in [0.15, 0.2) is 53.1 Å². The summed E-state index contributed by atoms with van der Waals surface area (Å²) in [5, 5.41) is 4.22. The molecule has 20 heavy (non-hydrogen) atoms. The van der Waals surface area contributed by atoms with Crippen molar-refractivity contribution >= 4 is 11.6 Å². The fourth-order valence-corrected chi connectivity index (χ4v) is 2.11. The smallest absolute Gasteiger partial charge is 0.257 e. The van der Waals surface area contributed by atoms with Crippen LogP contribution in [0.2, 0.25) is 5.02 Å². The summed E-state index contributed by atoms with van der Waals surface area (Å²) in [6, 6.07) is 14.0. The molecule has 0 bridgehead atoms. The lowest BCUT2D eigenvalue weighted by Gasteiger charge is -2.01. The molecule has 0 unspecified atom stereocenters. The van der Waals surface area contributed by atoms with Gasteiger partial charge in [0.05, 0.1) is 0 Å². The summed E-state index contributed by atoms with van der Waals surface area (Å²) in [4.78, 5) is 4.25. The zero-order valence-corrected chi connectivity index (χ0v) is 11.1. The van der Waals surface area contributed by atoms with Gasteiger partial charge >= 0.3 is 0 Å². The molecule has 1 heterocycles. The monoisotopic (exact) mass is 288 g/mol. The molecule has 0 saturated heterocycles. The number of nitrogens with zero attached hydrogens (tertiary/aromatic N) is 2. The van der Waals surface area contributed by atoms with E-state index in [0.29, 0.717) is 22.3 Å². The Morgan fingerprint density at radius 2 is 1.85 bits per heavy atom. The van der Waals surface area contributed by atoms with Crippen LogP contribution in [0.4, 0.5) is 4.39 Å². The molecule has 3 aromatic rings. The average Bonchev–Trinajstić information content (AvgIpc) is 2.93. The topological polar surface area (TPSA) is 38.9 Å². The van der Waals surface area contributed by atoms with Crippen LogP contribution in [0.25, 0.3) is 11.5 Å². The first kappa shape index (κ1) is 12.8. The van der Waals surface area contributed by atoms with E-state index in [9.17, 15) is 4.39 Å². The van der Waals surface area contributed by atoms with Crippen molar-refractivity contribution in [1.29, 1.82) is 0 Å². The van der Waals surface area contributed by atoms with Gasteiger partial charge in [0.2, 0.25) is 0 Å². The number of aromatic nitrogens is 2. The summed E-state index contributed by atoms with van der Waals surface area (Å²) in [6.45, 7) is 0. The third kappa shape index (κ3) is 2.56. The largest absolute Gasteiger partial charge is 0.334 e. The summed E-state index contributed by atoms with van der Waals surface area (Å²) < 4.78 is 18.9. The fourth-order valence-electron chi connectivity index (χ4n) is 1.88. The molecule has 3 rings (SSSR count). The van der Waals surface area contributed by atoms with E-state index in [0.717, 1.165) is 5.56 Å². The lowest BCUT2D eigenvalue weighted by atomic mass is 10.1. The first-order chi connectivity index (χ1) is 9.74. The van der Waals surface area contributed by atoms with Crippen molar-refractivity contribution in [3.63, 3.8) is 0 Å². The Kier molecular flexibility index (Phi) is 3.48. The van der Waals surface area contributed by atoms with Crippen LogP contribution in [0, 0.1) is 5.82 Å². The minimum atomic E-state index is -0.372. The molecule has 2 aromatic carbocycles. The van der Waals surface area contributed by atoms with Crippen molar-refractivity contribution < 1.29 is 8.91 Å². The number of benzene rings is 2. The van der Waals surface area contributed by atoms with E-state index in [1.807, 2.05) is 30.3 Å². The van der Waals surface area contributed by atoms with Crippen LogP contribution in [0.3, 0.4) is 0 Å². The van der Waals surface area contributed by atoms with E-state index in [4.69, 9.17) is 16.1 Å². The van der Waals surface area contributed by atoms with E-state index in [1.165, 1.54) is 6.07 Å². The highest BCUT2D eigenvalue weighted by atomic mass is 35.5. The van der Waals surface area contributed by atoms with E-state index in [1.54, 1.807) is 12.1 Å². The minimum absolute atomic E-state index is 0.196. The highest BCUT2D eigenvalue weighted by Crippen LogP contribution is 2.23. The molecule has 0 aliphatic heterocycles. The van der Waals surface area contributed by atoms with Gasteiger partial charge in [-0.25, -0.2) is 4.39 Å². The second kappa shape index (κ2) is 5.43. The second-order valence-electron chi connectivity index (χ2n) is 4.26. The Morgan fingerprint density at radius 3 is 2.60 bits per heavy atom. The van der Waals surface area contributed by atoms with E-state index < -0.39 is 0 Å². The number of hydrogen-bond donors (Lipinski definition) is 0. The lowest BCUT2D eigenvalue weighted by molar-refractivity contribution is 0.423. The first-order valence-electron chi connectivity index (χ1n) is 6.05. The van der Waals surface area contributed by atoms with Crippen LogP contribution in [-0.4, -0.2) is 10.1 Å². The standard InChI is InChI=1S/C15H10ClFN2O/c16-12-7-4-8-13(17)11(12)9-14-18-15(20-19-14)10-5-2-1-3-6-10/h1-8H,9H2. The molecule has 0 radical (unpaired) electrons. The summed E-state index contributed by atoms with van der Waals surface area (Å²) in [6.07, 6.45) is 0.196. The Labute approximate surface area is 120 Å². The van der Waals surface area contributed by atoms with Crippen LogP contribution in [-0.2, 0) is 6.42 Å².